The molecule has 0 radical (unpaired) electrons. The van der Waals surface area contributed by atoms with Crippen LogP contribution in [0, 0.1) is 0 Å². The summed E-state index contributed by atoms with van der Waals surface area (Å²) >= 11 is 0. The second-order valence-corrected chi connectivity index (χ2v) is 4.79. The summed E-state index contributed by atoms with van der Waals surface area (Å²) in [6.45, 7) is 5.14. The molecule has 2 rings (SSSR count). The molecule has 130 valence electrons. The second-order valence-electron chi connectivity index (χ2n) is 4.79. The largest absolute Gasteiger partial charge is 2.00 e. The fraction of sp³-hybridized carbons (Fsp3) is 0.235. The Labute approximate surface area is 158 Å². The predicted molar refractivity (Wildman–Crippen MR) is 96.2 cm³/mol. The third kappa shape index (κ3) is 10.7. The third-order valence-corrected chi connectivity index (χ3v) is 2.85. The van der Waals surface area contributed by atoms with Gasteiger partial charge in [-0.1, -0.05) is 31.7 Å². The first-order valence-electron chi connectivity index (χ1n) is 7.31. The van der Waals surface area contributed by atoms with Gasteiger partial charge in [0.25, 0.3) is 0 Å². The van der Waals surface area contributed by atoms with Gasteiger partial charge in [0.05, 0.1) is 12.2 Å². The molecule has 2 heterocycles. The molecule has 2 aromatic heterocycles. The molecule has 8 heteroatoms. The minimum atomic E-state index is 0. The van der Waals surface area contributed by atoms with Crippen LogP contribution in [0.5, 0.6) is 0 Å². The first kappa shape index (κ1) is 22.3. The first-order chi connectivity index (χ1) is 11.7. The molecule has 0 N–H and O–H groups in total. The van der Waals surface area contributed by atoms with Crippen molar-refractivity contribution in [2.24, 2.45) is 4.99 Å². The van der Waals surface area contributed by atoms with Crippen molar-refractivity contribution in [3.8, 4) is 0 Å². The number of allylic oxidation sites excluding steroid dienone is 2. The number of nitrogens with zero attached hydrogens (tertiary/aromatic N) is 7. The molecule has 2 aromatic rings. The Morgan fingerprint density at radius 2 is 1.64 bits per heavy atom. The number of hydrogen-bond acceptors (Lipinski definition) is 3. The molecular formula is C17H19FeN7. The van der Waals surface area contributed by atoms with Gasteiger partial charge in [-0.3, -0.25) is 19.9 Å². The van der Waals surface area contributed by atoms with E-state index in [-0.39, 0.29) is 17.1 Å². The van der Waals surface area contributed by atoms with Crippen molar-refractivity contribution < 1.29 is 17.1 Å². The summed E-state index contributed by atoms with van der Waals surface area (Å²) in [4.78, 5) is 14.5. The Bertz CT molecular complexity index is 693. The van der Waals surface area contributed by atoms with Gasteiger partial charge < -0.3 is 16.4 Å². The molecule has 0 fully saturated rings. The van der Waals surface area contributed by atoms with E-state index in [9.17, 15) is 0 Å². The summed E-state index contributed by atoms with van der Waals surface area (Å²) < 4.78 is 0. The number of rotatable bonds is 6. The average Bonchev–Trinajstić information content (AvgIpc) is 2.61. The maximum Gasteiger partial charge on any atom is 2.00 e. The smallest absolute Gasteiger partial charge is 0.683 e. The maximum atomic E-state index is 6.75. The fourth-order valence-corrected chi connectivity index (χ4v) is 1.79. The van der Waals surface area contributed by atoms with Gasteiger partial charge in [0.2, 0.25) is 0 Å². The summed E-state index contributed by atoms with van der Waals surface area (Å²) in [5.74, 6) is 0. The minimum absolute atomic E-state index is 0. The summed E-state index contributed by atoms with van der Waals surface area (Å²) in [5.41, 5.74) is 17.3. The van der Waals surface area contributed by atoms with Crippen LogP contribution in [0.15, 0.2) is 65.6 Å². The Hall–Kier alpha value is -2.66. The molecule has 0 aliphatic heterocycles. The Kier molecular flexibility index (Phi) is 12.3. The molecule has 0 amide bonds. The molecule has 0 saturated heterocycles. The van der Waals surface area contributed by atoms with Gasteiger partial charge in [0.15, 0.2) is 0 Å². The van der Waals surface area contributed by atoms with Crippen LogP contribution < -0.4 is 0 Å². The van der Waals surface area contributed by atoms with Crippen molar-refractivity contribution in [2.45, 2.75) is 26.9 Å². The molecule has 0 aliphatic rings. The first-order valence-corrected chi connectivity index (χ1v) is 7.31. The van der Waals surface area contributed by atoms with Crippen molar-refractivity contribution >= 4 is 5.71 Å². The summed E-state index contributed by atoms with van der Waals surface area (Å²) in [6.07, 6.45) is 5.54. The van der Waals surface area contributed by atoms with Crippen LogP contribution in [0.1, 0.15) is 25.2 Å². The van der Waals surface area contributed by atoms with E-state index < -0.39 is 0 Å². The van der Waals surface area contributed by atoms with Crippen LogP contribution >= 0.6 is 0 Å². The summed E-state index contributed by atoms with van der Waals surface area (Å²) in [5, 5.41) is 4.49. The monoisotopic (exact) mass is 377 g/mol. The van der Waals surface area contributed by atoms with Crippen molar-refractivity contribution in [2.75, 3.05) is 0 Å². The standard InChI is InChI=1S/C17H19N4.Fe.N3/c1-14(20-12-16-7-3-5-9-18-16)11-15(2)21-13-17-8-4-6-10-19-17;;1-3-2/h3-11H,12-13H2,1-2H3;;/q-1;+2;-1/b14-11-,21-15?;;. The van der Waals surface area contributed by atoms with E-state index in [1.165, 1.54) is 4.91 Å². The zero-order chi connectivity index (χ0) is 17.6. The van der Waals surface area contributed by atoms with Gasteiger partial charge in [-0.2, -0.15) is 5.70 Å². The molecular weight excluding hydrogens is 358 g/mol. The summed E-state index contributed by atoms with van der Waals surface area (Å²) in [7, 11) is 0. The van der Waals surface area contributed by atoms with E-state index in [2.05, 4.69) is 20.3 Å². The SMILES string of the molecule is CC(/C=C(/C)[N-]Cc1ccccn1)=NCc1ccccn1.[Fe+2].[N-]=[N+]=[N-]. The van der Waals surface area contributed by atoms with Crippen LogP contribution in [0.4, 0.5) is 0 Å². The van der Waals surface area contributed by atoms with E-state index in [1.807, 2.05) is 56.3 Å². The van der Waals surface area contributed by atoms with Crippen LogP contribution in [0.2, 0.25) is 0 Å². The maximum absolute atomic E-state index is 6.75. The Morgan fingerprint density at radius 1 is 1.08 bits per heavy atom. The Balaban J connectivity index is 0.00000134. The molecule has 25 heavy (non-hydrogen) atoms. The normalized spacial score (nSPS) is 10.6. The quantitative estimate of drug-likeness (QED) is 0.237. The van der Waals surface area contributed by atoms with Crippen molar-refractivity contribution in [3.63, 3.8) is 0 Å². The summed E-state index contributed by atoms with van der Waals surface area (Å²) in [6, 6.07) is 11.7. The van der Waals surface area contributed by atoms with Gasteiger partial charge in [0.1, 0.15) is 0 Å². The van der Waals surface area contributed by atoms with E-state index in [4.69, 9.17) is 11.1 Å². The van der Waals surface area contributed by atoms with E-state index in [0.717, 1.165) is 22.8 Å². The van der Waals surface area contributed by atoms with Crippen molar-refractivity contribution in [3.05, 3.63) is 93.2 Å². The van der Waals surface area contributed by atoms with Crippen LogP contribution in [0.3, 0.4) is 0 Å². The minimum Gasteiger partial charge on any atom is -0.683 e. The van der Waals surface area contributed by atoms with Crippen molar-refractivity contribution in [1.82, 2.24) is 9.97 Å². The Morgan fingerprint density at radius 3 is 2.16 bits per heavy atom. The van der Waals surface area contributed by atoms with Crippen LogP contribution in [-0.4, -0.2) is 15.7 Å². The third-order valence-electron chi connectivity index (χ3n) is 2.85. The average molecular weight is 377 g/mol. The number of aromatic nitrogens is 2. The molecule has 0 spiro atoms. The van der Waals surface area contributed by atoms with E-state index >= 15 is 0 Å². The van der Waals surface area contributed by atoms with Gasteiger partial charge in [-0.15, -0.1) is 0 Å². The van der Waals surface area contributed by atoms with Crippen LogP contribution in [0.25, 0.3) is 21.3 Å². The van der Waals surface area contributed by atoms with Crippen LogP contribution in [-0.2, 0) is 30.2 Å². The molecule has 0 aliphatic carbocycles. The van der Waals surface area contributed by atoms with Gasteiger partial charge in [0, 0.05) is 23.8 Å². The molecule has 0 bridgehead atoms. The van der Waals surface area contributed by atoms with E-state index in [1.54, 1.807) is 12.4 Å². The van der Waals surface area contributed by atoms with Gasteiger partial charge in [-0.25, -0.2) is 0 Å². The molecule has 0 unspecified atom stereocenters. The molecule has 0 aromatic carbocycles. The van der Waals surface area contributed by atoms with Gasteiger partial charge >= 0.3 is 17.1 Å². The second kappa shape index (κ2) is 13.7. The van der Waals surface area contributed by atoms with Gasteiger partial charge in [-0.05, 0) is 31.2 Å². The number of aliphatic imine (C=N–C) groups is 1. The topological polar surface area (TPSA) is 111 Å². The molecule has 7 nitrogen and oxygen atoms in total. The zero-order valence-corrected chi connectivity index (χ0v) is 15.2. The number of pyridine rings is 2. The number of hydrogen-bond donors (Lipinski definition) is 0. The van der Waals surface area contributed by atoms with Crippen molar-refractivity contribution in [1.29, 1.82) is 0 Å². The fourth-order valence-electron chi connectivity index (χ4n) is 1.79. The predicted octanol–water partition coefficient (Wildman–Crippen LogP) is 4.78. The van der Waals surface area contributed by atoms with E-state index in [0.29, 0.717) is 13.1 Å². The zero-order valence-electron chi connectivity index (χ0n) is 14.1. The molecule has 0 saturated carbocycles. The molecule has 0 atom stereocenters.